The summed E-state index contributed by atoms with van der Waals surface area (Å²) in [4.78, 5) is 22.0. The maximum atomic E-state index is 11.1. The highest BCUT2D eigenvalue weighted by atomic mass is 16.7. The van der Waals surface area contributed by atoms with Crippen LogP contribution in [0.3, 0.4) is 0 Å². The third-order valence-electron chi connectivity index (χ3n) is 1.97. The predicted octanol–water partition coefficient (Wildman–Crippen LogP) is 0.272. The van der Waals surface area contributed by atoms with E-state index in [-0.39, 0.29) is 18.6 Å². The fourth-order valence-electron chi connectivity index (χ4n) is 1.44. The molecule has 14 heavy (non-hydrogen) atoms. The van der Waals surface area contributed by atoms with Crippen LogP contribution in [0.2, 0.25) is 0 Å². The quantitative estimate of drug-likeness (QED) is 0.612. The Kier molecular flexibility index (Phi) is 3.60. The highest BCUT2D eigenvalue weighted by molar-refractivity contribution is 5.78. The van der Waals surface area contributed by atoms with Crippen LogP contribution >= 0.6 is 0 Å². The van der Waals surface area contributed by atoms with Gasteiger partial charge < -0.3 is 14.2 Å². The highest BCUT2D eigenvalue weighted by Crippen LogP contribution is 2.27. The van der Waals surface area contributed by atoms with Gasteiger partial charge in [0.1, 0.15) is 12.2 Å². The summed E-state index contributed by atoms with van der Waals surface area (Å²) in [5.74, 6) is -1.59. The lowest BCUT2D eigenvalue weighted by Gasteiger charge is -2.24. The zero-order chi connectivity index (χ0) is 10.6. The Labute approximate surface area is 82.3 Å². The van der Waals surface area contributed by atoms with Gasteiger partial charge in [0.2, 0.25) is 0 Å². The van der Waals surface area contributed by atoms with Crippen molar-refractivity contribution in [3.8, 4) is 0 Å². The fraction of sp³-hybridized carbons (Fsp3) is 0.778. The monoisotopic (exact) mass is 202 g/mol. The van der Waals surface area contributed by atoms with Gasteiger partial charge in [-0.1, -0.05) is 0 Å². The lowest BCUT2D eigenvalue weighted by Crippen LogP contribution is -2.35. The van der Waals surface area contributed by atoms with Crippen molar-refractivity contribution in [2.45, 2.75) is 25.6 Å². The molecule has 0 spiro atoms. The Hall–Kier alpha value is -0.940. The standard InChI is InChI=1S/C9H14O5/c1-7(10)5-9(6-8(11)12-2)13-3-4-14-9/h3-6H2,1-2H3. The van der Waals surface area contributed by atoms with Gasteiger partial charge in [-0.2, -0.15) is 0 Å². The van der Waals surface area contributed by atoms with Crippen molar-refractivity contribution < 1.29 is 23.8 Å². The highest BCUT2D eigenvalue weighted by Gasteiger charge is 2.40. The van der Waals surface area contributed by atoms with Crippen LogP contribution in [-0.2, 0) is 23.8 Å². The first kappa shape index (κ1) is 11.1. The van der Waals surface area contributed by atoms with Gasteiger partial charge in [-0.3, -0.25) is 9.59 Å². The molecule has 0 N–H and O–H groups in total. The lowest BCUT2D eigenvalue weighted by atomic mass is 10.1. The maximum absolute atomic E-state index is 11.1. The topological polar surface area (TPSA) is 61.8 Å². The number of carbonyl (C=O) groups excluding carboxylic acids is 2. The molecule has 5 nitrogen and oxygen atoms in total. The molecule has 1 heterocycles. The van der Waals surface area contributed by atoms with E-state index in [4.69, 9.17) is 9.47 Å². The van der Waals surface area contributed by atoms with Gasteiger partial charge in [0.25, 0.3) is 0 Å². The Morgan fingerprint density at radius 1 is 1.29 bits per heavy atom. The van der Waals surface area contributed by atoms with Crippen LogP contribution in [0.1, 0.15) is 19.8 Å². The molecule has 1 fully saturated rings. The van der Waals surface area contributed by atoms with Crippen molar-refractivity contribution in [2.75, 3.05) is 20.3 Å². The first-order valence-corrected chi connectivity index (χ1v) is 4.42. The number of Topliss-reactive ketones (excluding diaryl/α,β-unsaturated/α-hetero) is 1. The second kappa shape index (κ2) is 4.52. The number of carbonyl (C=O) groups is 2. The minimum atomic E-state index is -1.08. The molecule has 0 amide bonds. The number of hydrogen-bond acceptors (Lipinski definition) is 5. The van der Waals surface area contributed by atoms with Crippen LogP contribution in [0, 0.1) is 0 Å². The zero-order valence-corrected chi connectivity index (χ0v) is 8.37. The number of ketones is 1. The summed E-state index contributed by atoms with van der Waals surface area (Å²) in [6, 6.07) is 0. The summed E-state index contributed by atoms with van der Waals surface area (Å²) in [6.45, 7) is 2.25. The largest absolute Gasteiger partial charge is 0.469 e. The molecular weight excluding hydrogens is 188 g/mol. The number of esters is 1. The van der Waals surface area contributed by atoms with Gasteiger partial charge in [-0.05, 0) is 6.92 Å². The van der Waals surface area contributed by atoms with Crippen LogP contribution in [0.5, 0.6) is 0 Å². The van der Waals surface area contributed by atoms with Crippen molar-refractivity contribution in [1.29, 1.82) is 0 Å². The summed E-state index contributed by atoms with van der Waals surface area (Å²) in [6.07, 6.45) is 0.0468. The number of hydrogen-bond donors (Lipinski definition) is 0. The molecule has 1 saturated heterocycles. The van der Waals surface area contributed by atoms with Crippen LogP contribution in [0.25, 0.3) is 0 Å². The van der Waals surface area contributed by atoms with Gasteiger partial charge in [-0.25, -0.2) is 0 Å². The zero-order valence-electron chi connectivity index (χ0n) is 8.37. The van der Waals surface area contributed by atoms with Crippen molar-refractivity contribution in [3.63, 3.8) is 0 Å². The fourth-order valence-corrected chi connectivity index (χ4v) is 1.44. The summed E-state index contributed by atoms with van der Waals surface area (Å²) in [5.41, 5.74) is 0. The average Bonchev–Trinajstić information content (AvgIpc) is 2.51. The van der Waals surface area contributed by atoms with E-state index >= 15 is 0 Å². The van der Waals surface area contributed by atoms with Gasteiger partial charge in [0, 0.05) is 0 Å². The molecule has 0 aliphatic carbocycles. The van der Waals surface area contributed by atoms with E-state index in [1.807, 2.05) is 0 Å². The second-order valence-corrected chi connectivity index (χ2v) is 3.24. The molecule has 1 aliphatic rings. The molecule has 0 aromatic carbocycles. The van der Waals surface area contributed by atoms with Crippen LogP contribution in [-0.4, -0.2) is 37.9 Å². The van der Waals surface area contributed by atoms with Crippen LogP contribution < -0.4 is 0 Å². The molecule has 0 atom stereocenters. The van der Waals surface area contributed by atoms with Crippen molar-refractivity contribution in [2.24, 2.45) is 0 Å². The average molecular weight is 202 g/mol. The second-order valence-electron chi connectivity index (χ2n) is 3.24. The molecule has 0 aromatic heterocycles. The normalized spacial score (nSPS) is 19.3. The maximum Gasteiger partial charge on any atom is 0.311 e. The van der Waals surface area contributed by atoms with Gasteiger partial charge in [0.05, 0.1) is 26.7 Å². The Bertz CT molecular complexity index is 229. The molecule has 0 unspecified atom stereocenters. The Balaban J connectivity index is 2.61. The smallest absolute Gasteiger partial charge is 0.311 e. The Morgan fingerprint density at radius 2 is 1.86 bits per heavy atom. The molecule has 80 valence electrons. The van der Waals surface area contributed by atoms with Gasteiger partial charge >= 0.3 is 5.97 Å². The molecule has 0 radical (unpaired) electrons. The van der Waals surface area contributed by atoms with E-state index in [0.717, 1.165) is 0 Å². The molecule has 5 heteroatoms. The Morgan fingerprint density at radius 3 is 2.29 bits per heavy atom. The van der Waals surface area contributed by atoms with E-state index in [1.54, 1.807) is 0 Å². The van der Waals surface area contributed by atoms with Crippen LogP contribution in [0.4, 0.5) is 0 Å². The lowest BCUT2D eigenvalue weighted by molar-refractivity contribution is -0.184. The summed E-state index contributed by atoms with van der Waals surface area (Å²) in [7, 11) is 1.29. The summed E-state index contributed by atoms with van der Waals surface area (Å²) >= 11 is 0. The minimum Gasteiger partial charge on any atom is -0.469 e. The third-order valence-corrected chi connectivity index (χ3v) is 1.97. The van der Waals surface area contributed by atoms with Crippen LogP contribution in [0.15, 0.2) is 0 Å². The SMILES string of the molecule is COC(=O)CC1(CC(C)=O)OCCO1. The van der Waals surface area contributed by atoms with E-state index in [2.05, 4.69) is 4.74 Å². The minimum absolute atomic E-state index is 0.0386. The van der Waals surface area contributed by atoms with E-state index in [1.165, 1.54) is 14.0 Å². The molecule has 0 bridgehead atoms. The third kappa shape index (κ3) is 2.78. The number of rotatable bonds is 4. The molecular formula is C9H14O5. The number of ether oxygens (including phenoxy) is 3. The molecule has 0 aromatic rings. The van der Waals surface area contributed by atoms with E-state index in [9.17, 15) is 9.59 Å². The summed E-state index contributed by atoms with van der Waals surface area (Å²) < 4.78 is 15.1. The first-order valence-electron chi connectivity index (χ1n) is 4.42. The van der Waals surface area contributed by atoms with Gasteiger partial charge in [0.15, 0.2) is 5.79 Å². The first-order chi connectivity index (χ1) is 6.58. The van der Waals surface area contributed by atoms with E-state index in [0.29, 0.717) is 13.2 Å². The number of methoxy groups -OCH3 is 1. The molecule has 1 aliphatic heterocycles. The van der Waals surface area contributed by atoms with Crippen molar-refractivity contribution >= 4 is 11.8 Å². The summed E-state index contributed by atoms with van der Waals surface area (Å²) in [5, 5.41) is 0. The van der Waals surface area contributed by atoms with E-state index < -0.39 is 11.8 Å². The van der Waals surface area contributed by atoms with Gasteiger partial charge in [-0.15, -0.1) is 0 Å². The molecule has 1 rings (SSSR count). The van der Waals surface area contributed by atoms with Crippen molar-refractivity contribution in [3.05, 3.63) is 0 Å². The predicted molar refractivity (Wildman–Crippen MR) is 46.6 cm³/mol. The van der Waals surface area contributed by atoms with Crippen molar-refractivity contribution in [1.82, 2.24) is 0 Å². The molecule has 0 saturated carbocycles.